The van der Waals surface area contributed by atoms with Gasteiger partial charge in [0.1, 0.15) is 23.9 Å². The first kappa shape index (κ1) is 33.6. The molecule has 0 spiro atoms. The Kier molecular flexibility index (Phi) is 10.6. The molecule has 1 aliphatic heterocycles. The molecule has 250 valence electrons. The number of nitrogens with zero attached hydrogens (tertiary/aromatic N) is 5. The van der Waals surface area contributed by atoms with E-state index in [1.807, 2.05) is 0 Å². The van der Waals surface area contributed by atoms with Crippen LogP contribution in [0.25, 0.3) is 23.0 Å². The Morgan fingerprint density at radius 3 is 2.56 bits per heavy atom. The zero-order valence-electron chi connectivity index (χ0n) is 26.2. The number of aromatic nitrogens is 6. The molecule has 2 amide bonds. The van der Waals surface area contributed by atoms with Crippen molar-refractivity contribution in [3.8, 4) is 16.9 Å². The summed E-state index contributed by atoms with van der Waals surface area (Å²) in [6.45, 7) is 0. The van der Waals surface area contributed by atoms with Crippen LogP contribution in [-0.4, -0.2) is 81.5 Å². The summed E-state index contributed by atoms with van der Waals surface area (Å²) < 4.78 is 16.3. The molecular formula is C31H32ClN9O7. The van der Waals surface area contributed by atoms with E-state index in [-0.39, 0.29) is 11.4 Å². The number of halogens is 1. The van der Waals surface area contributed by atoms with Crippen molar-refractivity contribution in [2.24, 2.45) is 0 Å². The molecule has 0 radical (unpaired) electrons. The van der Waals surface area contributed by atoms with Gasteiger partial charge in [0.2, 0.25) is 5.91 Å². The van der Waals surface area contributed by atoms with Crippen molar-refractivity contribution in [1.29, 1.82) is 0 Å². The highest BCUT2D eigenvalue weighted by Gasteiger charge is 2.29. The number of hydrogen-bond acceptors (Lipinski definition) is 12. The van der Waals surface area contributed by atoms with E-state index < -0.39 is 36.0 Å². The lowest BCUT2D eigenvalue weighted by atomic mass is 10.0. The van der Waals surface area contributed by atoms with E-state index in [4.69, 9.17) is 30.8 Å². The van der Waals surface area contributed by atoms with Gasteiger partial charge in [0, 0.05) is 33.6 Å². The highest BCUT2D eigenvalue weighted by Crippen LogP contribution is 2.35. The number of fused-ring (bicyclic) bond motifs is 4. The highest BCUT2D eigenvalue weighted by molar-refractivity contribution is 6.30. The number of hydrogen-bond donors (Lipinski definition) is 4. The van der Waals surface area contributed by atoms with Gasteiger partial charge in [-0.25, -0.2) is 19.4 Å². The van der Waals surface area contributed by atoms with Crippen LogP contribution >= 0.6 is 11.6 Å². The van der Waals surface area contributed by atoms with Crippen LogP contribution in [0.3, 0.4) is 0 Å². The Hall–Kier alpha value is -5.77. The largest absolute Gasteiger partial charge is 0.467 e. The molecule has 0 aliphatic carbocycles. The van der Waals surface area contributed by atoms with Crippen LogP contribution < -0.4 is 16.0 Å². The van der Waals surface area contributed by atoms with Gasteiger partial charge in [-0.15, -0.1) is 5.10 Å². The molecule has 17 heteroatoms. The summed E-state index contributed by atoms with van der Waals surface area (Å²) in [5, 5.41) is 20.5. The van der Waals surface area contributed by atoms with Crippen molar-refractivity contribution < 1.29 is 33.4 Å². The highest BCUT2D eigenvalue weighted by atomic mass is 35.5. The van der Waals surface area contributed by atoms with Crippen molar-refractivity contribution in [3.63, 3.8) is 0 Å². The third-order valence-corrected chi connectivity index (χ3v) is 7.75. The number of ether oxygens (including phenoxy) is 3. The van der Waals surface area contributed by atoms with E-state index in [9.17, 15) is 19.2 Å². The molecule has 4 N–H and O–H groups in total. The van der Waals surface area contributed by atoms with E-state index in [2.05, 4.69) is 36.5 Å². The molecule has 16 nitrogen and oxygen atoms in total. The Labute approximate surface area is 279 Å². The van der Waals surface area contributed by atoms with E-state index >= 15 is 0 Å². The zero-order valence-corrected chi connectivity index (χ0v) is 26.9. The quantitative estimate of drug-likeness (QED) is 0.124. The number of nitrogens with one attached hydrogen (secondary N) is 4. The molecule has 2 aromatic heterocycles. The Morgan fingerprint density at radius 2 is 1.83 bits per heavy atom. The fourth-order valence-electron chi connectivity index (χ4n) is 5.20. The van der Waals surface area contributed by atoms with Gasteiger partial charge in [-0.2, -0.15) is 4.68 Å². The van der Waals surface area contributed by atoms with Gasteiger partial charge in [-0.05, 0) is 65.7 Å². The summed E-state index contributed by atoms with van der Waals surface area (Å²) in [5.41, 5.74) is 2.59. The lowest BCUT2D eigenvalue weighted by molar-refractivity contribution is -0.141. The molecule has 2 unspecified atom stereocenters. The minimum atomic E-state index is -0.774. The molecule has 1 aliphatic rings. The predicted octanol–water partition coefficient (Wildman–Crippen LogP) is 4.07. The minimum Gasteiger partial charge on any atom is -0.467 e. The number of aromatic amines is 1. The van der Waals surface area contributed by atoms with Gasteiger partial charge < -0.3 is 29.8 Å². The molecular weight excluding hydrogens is 646 g/mol. The van der Waals surface area contributed by atoms with Crippen LogP contribution in [0.4, 0.5) is 16.2 Å². The number of benzene rings is 2. The average molecular weight is 678 g/mol. The summed E-state index contributed by atoms with van der Waals surface area (Å²) in [6.07, 6.45) is 5.61. The Bertz CT molecular complexity index is 1840. The molecule has 4 aromatic rings. The first-order valence-electron chi connectivity index (χ1n) is 14.7. The van der Waals surface area contributed by atoms with Gasteiger partial charge in [0.05, 0.1) is 33.1 Å². The van der Waals surface area contributed by atoms with E-state index in [0.29, 0.717) is 64.7 Å². The number of rotatable bonds is 7. The lowest BCUT2D eigenvalue weighted by Crippen LogP contribution is -2.31. The van der Waals surface area contributed by atoms with Crippen LogP contribution in [0.15, 0.2) is 48.8 Å². The van der Waals surface area contributed by atoms with Crippen molar-refractivity contribution in [2.75, 3.05) is 32.0 Å². The van der Waals surface area contributed by atoms with Gasteiger partial charge >= 0.3 is 18.0 Å². The first-order chi connectivity index (χ1) is 23.2. The van der Waals surface area contributed by atoms with Crippen molar-refractivity contribution in [3.05, 3.63) is 70.9 Å². The van der Waals surface area contributed by atoms with Crippen LogP contribution in [0.1, 0.15) is 53.6 Å². The van der Waals surface area contributed by atoms with Crippen LogP contribution in [0.2, 0.25) is 5.02 Å². The molecule has 3 heterocycles. The summed E-state index contributed by atoms with van der Waals surface area (Å²) in [4.78, 5) is 58.9. The average Bonchev–Trinajstić information content (AvgIpc) is 3.78. The van der Waals surface area contributed by atoms with Gasteiger partial charge in [0.15, 0.2) is 5.69 Å². The third-order valence-electron chi connectivity index (χ3n) is 7.52. The summed E-state index contributed by atoms with van der Waals surface area (Å²) >= 11 is 6.22. The van der Waals surface area contributed by atoms with Crippen molar-refractivity contribution in [2.45, 2.75) is 37.8 Å². The van der Waals surface area contributed by atoms with Crippen molar-refractivity contribution >= 4 is 53.0 Å². The first-order valence-corrected chi connectivity index (χ1v) is 15.1. The van der Waals surface area contributed by atoms with Crippen LogP contribution in [0.5, 0.6) is 0 Å². The standard InChI is InChI=1S/C31H32ClN9O7/c1-46-29(43)22-7-5-4-6-21(36-25(42)13-8-17-14-18(32)9-12-24(17)41-16-33-39-40-41)28-37-26(27(38-28)30(44)47-2)20-11-10-19(15-23(20)35-22)34-31(45)48-3/h8-16,21-22,35H,4-7H2,1-3H3,(H,34,45)(H,36,42)(H,37,38). The Balaban J connectivity index is 1.52. The molecule has 0 fully saturated rings. The van der Waals surface area contributed by atoms with Crippen molar-refractivity contribution in [1.82, 2.24) is 35.5 Å². The third kappa shape index (κ3) is 7.78. The minimum absolute atomic E-state index is 0.0258. The molecule has 0 saturated carbocycles. The fourth-order valence-corrected chi connectivity index (χ4v) is 5.38. The molecule has 48 heavy (non-hydrogen) atoms. The number of methoxy groups -OCH3 is 3. The number of carbonyl (C=O) groups is 4. The number of carbonyl (C=O) groups excluding carboxylic acids is 4. The summed E-state index contributed by atoms with van der Waals surface area (Å²) in [6, 6.07) is 8.46. The monoisotopic (exact) mass is 677 g/mol. The van der Waals surface area contributed by atoms with Crippen LogP contribution in [0, 0.1) is 0 Å². The summed E-state index contributed by atoms with van der Waals surface area (Å²) in [5.74, 6) is -1.33. The lowest BCUT2D eigenvalue weighted by Gasteiger charge is -2.22. The maximum absolute atomic E-state index is 13.3. The maximum atomic E-state index is 13.3. The second-order valence-electron chi connectivity index (χ2n) is 10.6. The number of esters is 2. The number of anilines is 2. The second-order valence-corrected chi connectivity index (χ2v) is 11.0. The zero-order chi connectivity index (χ0) is 34.2. The number of H-pyrrole nitrogens is 1. The topological polar surface area (TPSA) is 204 Å². The molecule has 2 atom stereocenters. The maximum Gasteiger partial charge on any atom is 0.411 e. The second kappa shape index (κ2) is 15.2. The van der Waals surface area contributed by atoms with Gasteiger partial charge in [0.25, 0.3) is 0 Å². The molecule has 2 bridgehead atoms. The molecule has 0 saturated heterocycles. The van der Waals surface area contributed by atoms with Crippen LogP contribution in [-0.2, 0) is 23.8 Å². The Morgan fingerprint density at radius 1 is 1.02 bits per heavy atom. The SMILES string of the molecule is COC(=O)Nc1ccc2c(c1)NC(C(=O)OC)CCCCC(NC(=O)C=Cc1cc(Cl)ccc1-n1cnnn1)c1nc-2c(C(=O)OC)[nH]1. The number of amides is 2. The van der Waals surface area contributed by atoms with E-state index in [1.54, 1.807) is 42.5 Å². The number of imidazole rings is 1. The summed E-state index contributed by atoms with van der Waals surface area (Å²) in [7, 11) is 3.76. The molecule has 5 rings (SSSR count). The fraction of sp³-hybridized carbons (Fsp3) is 0.290. The smallest absolute Gasteiger partial charge is 0.411 e. The number of tetrazole rings is 1. The van der Waals surface area contributed by atoms with E-state index in [1.165, 1.54) is 38.4 Å². The van der Waals surface area contributed by atoms with E-state index in [0.717, 1.165) is 0 Å². The van der Waals surface area contributed by atoms with Gasteiger partial charge in [-0.3, -0.25) is 10.1 Å². The normalized spacial score (nSPS) is 16.0. The predicted molar refractivity (Wildman–Crippen MR) is 173 cm³/mol. The molecule has 2 aromatic carbocycles. The van der Waals surface area contributed by atoms with Gasteiger partial charge in [-0.1, -0.05) is 24.4 Å².